The molecule has 19 heavy (non-hydrogen) atoms. The van der Waals surface area contributed by atoms with Crippen LogP contribution in [0.15, 0.2) is 24.3 Å². The first-order valence-corrected chi connectivity index (χ1v) is 7.41. The van der Waals surface area contributed by atoms with Crippen LogP contribution in [0.1, 0.15) is 25.0 Å². The topological polar surface area (TPSA) is 21.1 Å². The number of rotatable bonds is 7. The minimum Gasteiger partial charge on any atom is -0.300 e. The van der Waals surface area contributed by atoms with Crippen molar-refractivity contribution in [3.63, 3.8) is 0 Å². The van der Waals surface area contributed by atoms with Crippen molar-refractivity contribution in [2.45, 2.75) is 25.8 Å². The molecule has 0 saturated carbocycles. The summed E-state index contributed by atoms with van der Waals surface area (Å²) in [6, 6.07) is 8.41. The van der Waals surface area contributed by atoms with E-state index in [0.717, 1.165) is 31.1 Å². The van der Waals surface area contributed by atoms with Gasteiger partial charge in [-0.3, -0.25) is 4.68 Å². The van der Waals surface area contributed by atoms with Crippen molar-refractivity contribution in [1.29, 1.82) is 0 Å². The molecule has 1 aromatic heterocycles. The SMILES string of the molecule is CN(CCCCCCl)Cc1nn(C)c2ccccc12. The van der Waals surface area contributed by atoms with Gasteiger partial charge in [0.1, 0.15) is 0 Å². The molecule has 2 aromatic rings. The number of aryl methyl sites for hydroxylation is 1. The summed E-state index contributed by atoms with van der Waals surface area (Å²) in [5, 5.41) is 5.89. The summed E-state index contributed by atoms with van der Waals surface area (Å²) in [6.45, 7) is 2.00. The van der Waals surface area contributed by atoms with Crippen LogP contribution in [-0.2, 0) is 13.6 Å². The number of aromatic nitrogens is 2. The number of benzene rings is 1. The maximum absolute atomic E-state index is 5.69. The van der Waals surface area contributed by atoms with Gasteiger partial charge in [-0.05, 0) is 32.5 Å². The van der Waals surface area contributed by atoms with Crippen molar-refractivity contribution in [3.8, 4) is 0 Å². The van der Waals surface area contributed by atoms with E-state index in [1.807, 2.05) is 11.7 Å². The minimum absolute atomic E-state index is 0.772. The highest BCUT2D eigenvalue weighted by Crippen LogP contribution is 2.18. The first kappa shape index (κ1) is 14.4. The first-order valence-electron chi connectivity index (χ1n) is 6.87. The Bertz CT molecular complexity index is 521. The van der Waals surface area contributed by atoms with Gasteiger partial charge in [-0.25, -0.2) is 0 Å². The Morgan fingerprint density at radius 1 is 1.21 bits per heavy atom. The van der Waals surface area contributed by atoms with E-state index in [-0.39, 0.29) is 0 Å². The number of halogens is 1. The van der Waals surface area contributed by atoms with Crippen molar-refractivity contribution in [1.82, 2.24) is 14.7 Å². The molecule has 3 nitrogen and oxygen atoms in total. The molecule has 4 heteroatoms. The number of hydrogen-bond acceptors (Lipinski definition) is 2. The number of fused-ring (bicyclic) bond motifs is 1. The Morgan fingerprint density at radius 3 is 2.79 bits per heavy atom. The van der Waals surface area contributed by atoms with E-state index >= 15 is 0 Å². The van der Waals surface area contributed by atoms with Gasteiger partial charge in [0.2, 0.25) is 0 Å². The fourth-order valence-electron chi connectivity index (χ4n) is 2.39. The van der Waals surface area contributed by atoms with E-state index in [4.69, 9.17) is 11.6 Å². The highest BCUT2D eigenvalue weighted by Gasteiger charge is 2.09. The highest BCUT2D eigenvalue weighted by molar-refractivity contribution is 6.17. The lowest BCUT2D eigenvalue weighted by molar-refractivity contribution is 0.314. The summed E-state index contributed by atoms with van der Waals surface area (Å²) >= 11 is 5.69. The van der Waals surface area contributed by atoms with Crippen LogP contribution in [0.2, 0.25) is 0 Å². The number of alkyl halides is 1. The van der Waals surface area contributed by atoms with Gasteiger partial charge in [0.15, 0.2) is 0 Å². The molecule has 0 spiro atoms. The molecule has 0 radical (unpaired) electrons. The molecule has 0 atom stereocenters. The van der Waals surface area contributed by atoms with Gasteiger partial charge in [0, 0.05) is 24.9 Å². The van der Waals surface area contributed by atoms with Crippen LogP contribution >= 0.6 is 11.6 Å². The Hall–Kier alpha value is -1.06. The summed E-state index contributed by atoms with van der Waals surface area (Å²) in [5.74, 6) is 0.772. The average Bonchev–Trinajstić information content (AvgIpc) is 2.72. The predicted molar refractivity (Wildman–Crippen MR) is 81.6 cm³/mol. The van der Waals surface area contributed by atoms with Crippen molar-refractivity contribution in [2.24, 2.45) is 7.05 Å². The maximum atomic E-state index is 5.69. The van der Waals surface area contributed by atoms with Crippen LogP contribution in [0.3, 0.4) is 0 Å². The van der Waals surface area contributed by atoms with E-state index in [1.54, 1.807) is 0 Å². The van der Waals surface area contributed by atoms with Crippen LogP contribution in [0.4, 0.5) is 0 Å². The van der Waals surface area contributed by atoms with E-state index < -0.39 is 0 Å². The Labute approximate surface area is 120 Å². The van der Waals surface area contributed by atoms with Crippen molar-refractivity contribution in [2.75, 3.05) is 19.5 Å². The van der Waals surface area contributed by atoms with Crippen LogP contribution in [0.25, 0.3) is 10.9 Å². The second-order valence-electron chi connectivity index (χ2n) is 5.07. The molecular formula is C15H22ClN3. The second kappa shape index (κ2) is 6.92. The molecule has 2 rings (SSSR count). The van der Waals surface area contributed by atoms with Gasteiger partial charge in [-0.1, -0.05) is 24.6 Å². The predicted octanol–water partition coefficient (Wildman–Crippen LogP) is 3.41. The zero-order valence-corrected chi connectivity index (χ0v) is 12.5. The lowest BCUT2D eigenvalue weighted by Crippen LogP contribution is -2.19. The van der Waals surface area contributed by atoms with Gasteiger partial charge in [-0.2, -0.15) is 5.10 Å². The van der Waals surface area contributed by atoms with Gasteiger partial charge >= 0.3 is 0 Å². The summed E-state index contributed by atoms with van der Waals surface area (Å²) < 4.78 is 1.96. The lowest BCUT2D eigenvalue weighted by Gasteiger charge is -2.15. The van der Waals surface area contributed by atoms with Crippen LogP contribution in [0.5, 0.6) is 0 Å². The summed E-state index contributed by atoms with van der Waals surface area (Å²) in [6.07, 6.45) is 3.52. The largest absolute Gasteiger partial charge is 0.300 e. The Kier molecular flexibility index (Phi) is 5.23. The molecule has 0 aliphatic heterocycles. The smallest absolute Gasteiger partial charge is 0.0843 e. The number of para-hydroxylation sites is 1. The molecule has 104 valence electrons. The Balaban J connectivity index is 1.97. The normalized spacial score (nSPS) is 11.6. The summed E-state index contributed by atoms with van der Waals surface area (Å²) in [5.41, 5.74) is 2.37. The molecule has 1 aromatic carbocycles. The molecule has 0 aliphatic carbocycles. The molecule has 0 fully saturated rings. The highest BCUT2D eigenvalue weighted by atomic mass is 35.5. The Morgan fingerprint density at radius 2 is 2.00 bits per heavy atom. The second-order valence-corrected chi connectivity index (χ2v) is 5.45. The fraction of sp³-hybridized carbons (Fsp3) is 0.533. The quantitative estimate of drug-likeness (QED) is 0.572. The standard InChI is InChI=1S/C15H22ClN3/c1-18(11-7-3-6-10-16)12-14-13-8-4-5-9-15(13)19(2)17-14/h4-5,8-9H,3,6-7,10-12H2,1-2H3. The van der Waals surface area contributed by atoms with Crippen molar-refractivity contribution < 1.29 is 0 Å². The molecule has 1 heterocycles. The third kappa shape index (κ3) is 3.71. The zero-order valence-electron chi connectivity index (χ0n) is 11.8. The van der Waals surface area contributed by atoms with E-state index in [1.165, 1.54) is 23.7 Å². The summed E-state index contributed by atoms with van der Waals surface area (Å²) in [4.78, 5) is 2.34. The van der Waals surface area contributed by atoms with Gasteiger partial charge in [-0.15, -0.1) is 11.6 Å². The average molecular weight is 280 g/mol. The van der Waals surface area contributed by atoms with Crippen LogP contribution < -0.4 is 0 Å². The number of unbranched alkanes of at least 4 members (excludes halogenated alkanes) is 2. The fourth-order valence-corrected chi connectivity index (χ4v) is 2.58. The van der Waals surface area contributed by atoms with Crippen molar-refractivity contribution in [3.05, 3.63) is 30.0 Å². The molecule has 0 unspecified atom stereocenters. The third-order valence-electron chi connectivity index (χ3n) is 3.43. The van der Waals surface area contributed by atoms with Crippen LogP contribution in [0, 0.1) is 0 Å². The van der Waals surface area contributed by atoms with Crippen LogP contribution in [-0.4, -0.2) is 34.2 Å². The first-order chi connectivity index (χ1) is 9.22. The molecule has 0 amide bonds. The van der Waals surface area contributed by atoms with E-state index in [2.05, 4.69) is 41.3 Å². The molecule has 0 saturated heterocycles. The van der Waals surface area contributed by atoms with E-state index in [9.17, 15) is 0 Å². The van der Waals surface area contributed by atoms with Gasteiger partial charge in [0.05, 0.1) is 11.2 Å². The molecular weight excluding hydrogens is 258 g/mol. The molecule has 0 bridgehead atoms. The lowest BCUT2D eigenvalue weighted by atomic mass is 10.2. The van der Waals surface area contributed by atoms with E-state index in [0.29, 0.717) is 0 Å². The number of nitrogens with zero attached hydrogens (tertiary/aromatic N) is 3. The minimum atomic E-state index is 0.772. The maximum Gasteiger partial charge on any atom is 0.0843 e. The van der Waals surface area contributed by atoms with Gasteiger partial charge < -0.3 is 4.90 Å². The van der Waals surface area contributed by atoms with Crippen molar-refractivity contribution >= 4 is 22.5 Å². The third-order valence-corrected chi connectivity index (χ3v) is 3.69. The molecule has 0 N–H and O–H groups in total. The number of hydrogen-bond donors (Lipinski definition) is 0. The monoisotopic (exact) mass is 279 g/mol. The van der Waals surface area contributed by atoms with Gasteiger partial charge in [0.25, 0.3) is 0 Å². The molecule has 0 aliphatic rings. The zero-order chi connectivity index (χ0) is 13.7. The summed E-state index contributed by atoms with van der Waals surface area (Å²) in [7, 11) is 4.16.